The van der Waals surface area contributed by atoms with Crippen molar-refractivity contribution < 1.29 is 42.5 Å². The quantitative estimate of drug-likeness (QED) is 0.0915. The first-order chi connectivity index (χ1) is 35.3. The lowest BCUT2D eigenvalue weighted by Crippen LogP contribution is -2.54. The van der Waals surface area contributed by atoms with Crippen molar-refractivity contribution >= 4 is 86.7 Å². The molecular formula is C54H68FN9O8S4. The van der Waals surface area contributed by atoms with Gasteiger partial charge >= 0.3 is 12.2 Å². The Hall–Kier alpha value is -5.68. The molecule has 4 fully saturated rings. The molecule has 0 radical (unpaired) electrons. The normalized spacial score (nSPS) is 22.5. The summed E-state index contributed by atoms with van der Waals surface area (Å²) in [6.07, 6.45) is 8.02. The fraction of sp³-hybridized carbons (Fsp3) is 0.481. The van der Waals surface area contributed by atoms with Gasteiger partial charge in [-0.05, 0) is 125 Å². The van der Waals surface area contributed by atoms with E-state index in [1.807, 2.05) is 56.9 Å². The maximum absolute atomic E-state index is 17.0. The minimum atomic E-state index is -0.771. The highest BCUT2D eigenvalue weighted by atomic mass is 32.1. The molecule has 5 aliphatic rings. The number of halogens is 1. The number of thiophene rings is 1. The van der Waals surface area contributed by atoms with Gasteiger partial charge in [0.15, 0.2) is 0 Å². The maximum Gasteiger partial charge on any atom is 0.407 e. The summed E-state index contributed by atoms with van der Waals surface area (Å²) >= 11 is 1.73. The predicted octanol–water partition coefficient (Wildman–Crippen LogP) is 10.1. The van der Waals surface area contributed by atoms with Gasteiger partial charge in [-0.1, -0.05) is 19.9 Å². The number of benzene rings is 2. The van der Waals surface area contributed by atoms with Crippen LogP contribution >= 0.6 is 51.8 Å². The molecule has 2 aromatic carbocycles. The minimum absolute atomic E-state index is 0. The van der Waals surface area contributed by atoms with Crippen molar-refractivity contribution in [2.24, 2.45) is 11.8 Å². The largest absolute Gasteiger partial charge is 0.464 e. The summed E-state index contributed by atoms with van der Waals surface area (Å²) in [6.45, 7) is 8.78. The van der Waals surface area contributed by atoms with Crippen molar-refractivity contribution in [3.63, 3.8) is 0 Å². The number of alkyl carbamates (subject to hydrolysis) is 2. The summed E-state index contributed by atoms with van der Waals surface area (Å²) in [7, 11) is 2.57. The van der Waals surface area contributed by atoms with E-state index in [-0.39, 0.29) is 88.4 Å². The number of carbonyl (C=O) groups is 4. The third-order valence-electron chi connectivity index (χ3n) is 15.3. The fourth-order valence-electron chi connectivity index (χ4n) is 11.7. The van der Waals surface area contributed by atoms with Crippen LogP contribution in [-0.4, -0.2) is 110 Å². The molecule has 22 heteroatoms. The number of nitrogens with zero attached hydrogens (tertiary/aromatic N) is 5. The van der Waals surface area contributed by atoms with Gasteiger partial charge in [0.2, 0.25) is 18.0 Å². The Kier molecular flexibility index (Phi) is 17.2. The molecule has 3 saturated heterocycles. The zero-order valence-corrected chi connectivity index (χ0v) is 47.2. The molecule has 7 atom stereocenters. The molecule has 2 unspecified atom stereocenters. The Balaban J connectivity index is 0.00000255. The van der Waals surface area contributed by atoms with E-state index >= 15 is 4.39 Å². The first-order valence-corrected chi connectivity index (χ1v) is 26.4. The topological polar surface area (TPSA) is 198 Å². The third-order valence-corrected chi connectivity index (χ3v) is 16.6. The summed E-state index contributed by atoms with van der Waals surface area (Å²) in [6, 6.07) is 13.6. The number of aromatic amines is 2. The number of H-pyrrole nitrogens is 2. The average Bonchev–Trinajstić information content (AvgIpc) is 4.11. The molecule has 6 aromatic rings. The number of aromatic nitrogens is 5. The Bertz CT molecular complexity index is 3090. The summed E-state index contributed by atoms with van der Waals surface area (Å²) in [4.78, 5) is 75.5. The van der Waals surface area contributed by atoms with E-state index in [0.29, 0.717) is 84.6 Å². The van der Waals surface area contributed by atoms with Crippen LogP contribution in [0.15, 0.2) is 60.9 Å². The van der Waals surface area contributed by atoms with Gasteiger partial charge in [-0.3, -0.25) is 14.2 Å². The van der Waals surface area contributed by atoms with Gasteiger partial charge in [0.05, 0.1) is 83.9 Å². The first kappa shape index (κ1) is 56.5. The lowest BCUT2D eigenvalue weighted by Gasteiger charge is -2.38. The number of hydrogen-bond donors (Lipinski definition) is 4. The number of nitrogens with one attached hydrogen (secondary N) is 4. The highest BCUT2D eigenvalue weighted by Crippen LogP contribution is 2.50. The van der Waals surface area contributed by atoms with E-state index < -0.39 is 36.3 Å². The van der Waals surface area contributed by atoms with Crippen LogP contribution in [0.1, 0.15) is 125 Å². The maximum atomic E-state index is 17.0. The molecular weight excluding hydrogens is 1050 g/mol. The van der Waals surface area contributed by atoms with E-state index in [9.17, 15) is 19.2 Å². The third kappa shape index (κ3) is 10.8. The molecule has 1 aliphatic carbocycles. The predicted molar refractivity (Wildman–Crippen MR) is 302 cm³/mol. The van der Waals surface area contributed by atoms with Gasteiger partial charge in [-0.25, -0.2) is 23.9 Å². The number of carbonyl (C=O) groups excluding carboxylic acids is 4. The number of likely N-dealkylation sites (tertiary alicyclic amines) is 2. The van der Waals surface area contributed by atoms with Crippen molar-refractivity contribution in [3.8, 4) is 39.5 Å². The molecule has 0 spiro atoms. The van der Waals surface area contributed by atoms with Crippen molar-refractivity contribution in [2.75, 3.05) is 27.3 Å². The lowest BCUT2D eigenvalue weighted by atomic mass is 9.85. The number of methoxy groups -OCH3 is 2. The van der Waals surface area contributed by atoms with Crippen LogP contribution in [0.4, 0.5) is 14.0 Å². The number of ether oxygens (including phenoxy) is 4. The molecule has 76 heavy (non-hydrogen) atoms. The zero-order chi connectivity index (χ0) is 50.8. The molecule has 4 aliphatic heterocycles. The van der Waals surface area contributed by atoms with Crippen LogP contribution in [0.5, 0.6) is 5.75 Å². The van der Waals surface area contributed by atoms with Gasteiger partial charge in [-0.2, -0.15) is 40.5 Å². The summed E-state index contributed by atoms with van der Waals surface area (Å²) in [5, 5.41) is 6.45. The molecule has 8 heterocycles. The Morgan fingerprint density at radius 1 is 0.763 bits per heavy atom. The lowest BCUT2D eigenvalue weighted by molar-refractivity contribution is -0.138. The van der Waals surface area contributed by atoms with Gasteiger partial charge in [0.1, 0.15) is 35.3 Å². The number of fused-ring (bicyclic) bond motifs is 5. The molecule has 4 N–H and O–H groups in total. The molecule has 4 aromatic heterocycles. The smallest absolute Gasteiger partial charge is 0.407 e. The molecule has 11 rings (SSSR count). The van der Waals surface area contributed by atoms with E-state index in [2.05, 4.69) is 43.4 Å². The number of rotatable bonds is 12. The number of imidazole rings is 2. The number of amides is 4. The van der Waals surface area contributed by atoms with Crippen LogP contribution < -0.4 is 15.4 Å². The van der Waals surface area contributed by atoms with Crippen molar-refractivity contribution in [2.45, 2.75) is 128 Å². The second-order valence-corrected chi connectivity index (χ2v) is 21.8. The second kappa shape index (κ2) is 23.1. The summed E-state index contributed by atoms with van der Waals surface area (Å²) in [5.41, 5.74) is 4.69. The van der Waals surface area contributed by atoms with E-state index in [0.717, 1.165) is 52.7 Å². The molecule has 0 bridgehead atoms. The molecule has 1 saturated carbocycles. The van der Waals surface area contributed by atoms with Crippen LogP contribution in [0.2, 0.25) is 0 Å². The van der Waals surface area contributed by atoms with Crippen LogP contribution in [0.25, 0.3) is 44.7 Å². The van der Waals surface area contributed by atoms with Crippen molar-refractivity contribution in [3.05, 3.63) is 88.1 Å². The van der Waals surface area contributed by atoms with E-state index in [1.165, 1.54) is 25.2 Å². The Morgan fingerprint density at radius 3 is 1.99 bits per heavy atom. The summed E-state index contributed by atoms with van der Waals surface area (Å²) < 4.78 is 41.8. The molecule has 17 nitrogen and oxygen atoms in total. The number of hydrogen-bond acceptors (Lipinski definition) is 11. The summed E-state index contributed by atoms with van der Waals surface area (Å²) in [5.74, 6) is 1.08. The average molecular weight is 1120 g/mol. The van der Waals surface area contributed by atoms with Crippen molar-refractivity contribution in [1.29, 1.82) is 0 Å². The van der Waals surface area contributed by atoms with Gasteiger partial charge in [-0.15, -0.1) is 11.3 Å². The SMILES string of the molecule is COC(=O)NC(C(=O)N1CCC[C@H]1c1ncc(-c2ccc3c(c2)cc2n3C(c3ccc(C4CC4)s3)Oc3cc(-c4cnc([C@@H]5CCCN5C(=O)[C@@H](NC(=O)OC)C(C)C)[nH]4)cc(F)c3-2)[nH]1)C1C[C@@H](C)O[C@H](C)C1.S.S.S. The minimum Gasteiger partial charge on any atom is -0.464 e. The van der Waals surface area contributed by atoms with E-state index in [4.69, 9.17) is 28.9 Å². The van der Waals surface area contributed by atoms with Crippen LogP contribution in [0, 0.1) is 17.7 Å². The monoisotopic (exact) mass is 1120 g/mol. The zero-order valence-electron chi connectivity index (χ0n) is 43.4. The van der Waals surface area contributed by atoms with E-state index in [1.54, 1.807) is 28.6 Å². The van der Waals surface area contributed by atoms with Crippen LogP contribution in [-0.2, 0) is 23.8 Å². The van der Waals surface area contributed by atoms with Crippen LogP contribution in [0.3, 0.4) is 0 Å². The first-order valence-electron chi connectivity index (χ1n) is 25.6. The van der Waals surface area contributed by atoms with Gasteiger partial charge < -0.3 is 49.3 Å². The Morgan fingerprint density at radius 2 is 1.37 bits per heavy atom. The highest BCUT2D eigenvalue weighted by molar-refractivity contribution is 7.59. The van der Waals surface area contributed by atoms with Gasteiger partial charge in [0.25, 0.3) is 0 Å². The highest BCUT2D eigenvalue weighted by Gasteiger charge is 2.43. The Labute approximate surface area is 466 Å². The second-order valence-electron chi connectivity index (χ2n) is 20.7. The van der Waals surface area contributed by atoms with Crippen molar-refractivity contribution in [1.82, 2.24) is 44.9 Å². The van der Waals surface area contributed by atoms with Gasteiger partial charge in [0, 0.05) is 34.5 Å². The standard InChI is InChI=1S/C54H62FN9O8S.3H2S/c1-27(2)46(60-53(67)69-5)50(65)62-17-7-9-39(62)49-57-26-37(59-49)32-22-35(55)45-41-23-33-21-31(13-14-38(33)64(41)52(72-42(45)24-32)44-16-15-43(73-44)30-11-12-30)36-25-56-48(58-36)40-10-8-18-63(40)51(66)47(61-54(68)70-6)34-19-28(3)71-29(4)20-34;;;/h13-16,21-30,34,39-40,46-47,52H,7-12,17-20H2,1-6H3,(H,56,58)(H,57,59)(H,60,67)(H,61,68);3*1H2/t28-,29-,39+,40+,46+,47?,52?;;;/m1.../s1. The molecule has 408 valence electrons. The fourth-order valence-corrected chi connectivity index (χ4v) is 12.9. The molecule has 4 amide bonds.